The van der Waals surface area contributed by atoms with Gasteiger partial charge in [0.1, 0.15) is 0 Å². The summed E-state index contributed by atoms with van der Waals surface area (Å²) in [6, 6.07) is 9.14. The zero-order valence-corrected chi connectivity index (χ0v) is 12.2. The molecular weight excluding hydrogens is 303 g/mol. The second-order valence-corrected chi connectivity index (χ2v) is 4.92. The quantitative estimate of drug-likeness (QED) is 0.774. The third kappa shape index (κ3) is 3.23. The van der Waals surface area contributed by atoms with E-state index in [9.17, 15) is 14.0 Å². The van der Waals surface area contributed by atoms with E-state index >= 15 is 0 Å². The Kier molecular flexibility index (Phi) is 3.84. The van der Waals surface area contributed by atoms with Crippen LogP contribution in [0.1, 0.15) is 5.56 Å². The van der Waals surface area contributed by atoms with Crippen LogP contribution >= 0.6 is 0 Å². The van der Waals surface area contributed by atoms with Crippen LogP contribution in [0.2, 0.25) is 0 Å². The molecule has 0 unspecified atom stereocenters. The van der Waals surface area contributed by atoms with Crippen LogP contribution in [0.5, 0.6) is 5.75 Å². The molecular formula is C16H13FN2O4. The molecule has 2 N–H and O–H groups in total. The number of ether oxygens (including phenoxy) is 1. The van der Waals surface area contributed by atoms with Gasteiger partial charge in [-0.3, -0.25) is 9.78 Å². The number of fused-ring (bicyclic) bond motifs is 1. The third-order valence-electron chi connectivity index (χ3n) is 3.28. The molecule has 1 aromatic heterocycles. The number of benzene rings is 2. The first-order valence-electron chi connectivity index (χ1n) is 6.80. The van der Waals surface area contributed by atoms with Crippen molar-refractivity contribution in [1.29, 1.82) is 0 Å². The number of amides is 1. The minimum absolute atomic E-state index is 0.0147. The number of oxazole rings is 1. The Morgan fingerprint density at radius 2 is 2.13 bits per heavy atom. The molecule has 23 heavy (non-hydrogen) atoms. The van der Waals surface area contributed by atoms with Crippen LogP contribution in [0.4, 0.5) is 10.1 Å². The van der Waals surface area contributed by atoms with Crippen molar-refractivity contribution in [2.75, 3.05) is 12.4 Å². The van der Waals surface area contributed by atoms with Crippen LogP contribution in [-0.4, -0.2) is 18.0 Å². The van der Waals surface area contributed by atoms with E-state index < -0.39 is 11.6 Å². The fraction of sp³-hybridized carbons (Fsp3) is 0.125. The van der Waals surface area contributed by atoms with Crippen LogP contribution in [0.15, 0.2) is 45.6 Å². The van der Waals surface area contributed by atoms with Gasteiger partial charge in [-0.05, 0) is 35.9 Å². The summed E-state index contributed by atoms with van der Waals surface area (Å²) in [5.41, 5.74) is 1.93. The normalized spacial score (nSPS) is 10.7. The zero-order valence-electron chi connectivity index (χ0n) is 12.2. The van der Waals surface area contributed by atoms with E-state index in [1.165, 1.54) is 19.2 Å². The number of carbonyl (C=O) groups is 1. The Hall–Kier alpha value is -3.09. The maximum atomic E-state index is 13.6. The van der Waals surface area contributed by atoms with Gasteiger partial charge in [-0.25, -0.2) is 9.18 Å². The molecule has 0 saturated heterocycles. The van der Waals surface area contributed by atoms with Gasteiger partial charge in [-0.15, -0.1) is 0 Å². The van der Waals surface area contributed by atoms with E-state index in [0.717, 1.165) is 0 Å². The van der Waals surface area contributed by atoms with Gasteiger partial charge >= 0.3 is 5.76 Å². The molecule has 0 spiro atoms. The number of methoxy groups -OCH3 is 1. The van der Waals surface area contributed by atoms with E-state index in [2.05, 4.69) is 10.3 Å². The number of carbonyl (C=O) groups excluding carboxylic acids is 1. The summed E-state index contributed by atoms with van der Waals surface area (Å²) in [4.78, 5) is 25.6. The Bertz CT molecular complexity index is 929. The maximum absolute atomic E-state index is 13.6. The molecule has 0 radical (unpaired) electrons. The SMILES string of the molecule is COc1ccc(CC(=O)Nc2ccc3oc(=O)[nH]c3c2)cc1F. The molecule has 7 heteroatoms. The smallest absolute Gasteiger partial charge is 0.417 e. The lowest BCUT2D eigenvalue weighted by atomic mass is 10.1. The summed E-state index contributed by atoms with van der Waals surface area (Å²) in [6.07, 6.45) is 0.0147. The fourth-order valence-corrected chi connectivity index (χ4v) is 2.24. The summed E-state index contributed by atoms with van der Waals surface area (Å²) in [5, 5.41) is 2.68. The predicted octanol–water partition coefficient (Wildman–Crippen LogP) is 2.45. The number of nitrogens with one attached hydrogen (secondary N) is 2. The lowest BCUT2D eigenvalue weighted by Gasteiger charge is -2.07. The van der Waals surface area contributed by atoms with Gasteiger partial charge in [0.2, 0.25) is 5.91 Å². The average Bonchev–Trinajstić information content (AvgIpc) is 2.86. The van der Waals surface area contributed by atoms with Gasteiger partial charge in [0.05, 0.1) is 19.0 Å². The van der Waals surface area contributed by atoms with Gasteiger partial charge in [0.25, 0.3) is 0 Å². The number of hydrogen-bond acceptors (Lipinski definition) is 4. The standard InChI is InChI=1S/C16H13FN2O4/c1-22-13-4-2-9(6-11(13)17)7-15(20)18-10-3-5-14-12(8-10)19-16(21)23-14/h2-6,8H,7H2,1H3,(H,18,20)(H,19,21). The van der Waals surface area contributed by atoms with Crippen molar-refractivity contribution in [3.63, 3.8) is 0 Å². The molecule has 6 nitrogen and oxygen atoms in total. The summed E-state index contributed by atoms with van der Waals surface area (Å²) >= 11 is 0. The minimum atomic E-state index is -0.558. The second-order valence-electron chi connectivity index (χ2n) is 4.92. The van der Waals surface area contributed by atoms with Crippen LogP contribution in [-0.2, 0) is 11.2 Å². The van der Waals surface area contributed by atoms with Crippen LogP contribution in [0, 0.1) is 5.82 Å². The summed E-state index contributed by atoms with van der Waals surface area (Å²) < 4.78 is 23.3. The Morgan fingerprint density at radius 1 is 1.30 bits per heavy atom. The fourth-order valence-electron chi connectivity index (χ4n) is 2.24. The molecule has 0 saturated carbocycles. The van der Waals surface area contributed by atoms with Gasteiger partial charge in [0.15, 0.2) is 17.1 Å². The Morgan fingerprint density at radius 3 is 2.87 bits per heavy atom. The molecule has 0 atom stereocenters. The highest BCUT2D eigenvalue weighted by Crippen LogP contribution is 2.19. The van der Waals surface area contributed by atoms with E-state index in [4.69, 9.17) is 9.15 Å². The van der Waals surface area contributed by atoms with Gasteiger partial charge in [0, 0.05) is 5.69 Å². The molecule has 1 heterocycles. The molecule has 0 aliphatic heterocycles. The molecule has 118 valence electrons. The molecule has 1 amide bonds. The summed E-state index contributed by atoms with van der Waals surface area (Å²) in [5.74, 6) is -1.25. The number of hydrogen-bond donors (Lipinski definition) is 2. The highest BCUT2D eigenvalue weighted by molar-refractivity contribution is 5.94. The van der Waals surface area contributed by atoms with Crippen molar-refractivity contribution in [3.8, 4) is 5.75 Å². The van der Waals surface area contributed by atoms with E-state index in [0.29, 0.717) is 22.4 Å². The zero-order chi connectivity index (χ0) is 16.4. The first-order chi connectivity index (χ1) is 11.0. The second kappa shape index (κ2) is 5.96. The van der Waals surface area contributed by atoms with E-state index in [-0.39, 0.29) is 18.1 Å². The lowest BCUT2D eigenvalue weighted by molar-refractivity contribution is -0.115. The van der Waals surface area contributed by atoms with Crippen LogP contribution in [0.25, 0.3) is 11.1 Å². The van der Waals surface area contributed by atoms with E-state index in [1.807, 2.05) is 0 Å². The van der Waals surface area contributed by atoms with Crippen molar-refractivity contribution in [3.05, 3.63) is 58.3 Å². The number of aromatic amines is 1. The number of rotatable bonds is 4. The Balaban J connectivity index is 1.72. The van der Waals surface area contributed by atoms with Crippen molar-refractivity contribution >= 4 is 22.7 Å². The third-order valence-corrected chi connectivity index (χ3v) is 3.28. The maximum Gasteiger partial charge on any atom is 0.417 e. The molecule has 0 fully saturated rings. The largest absolute Gasteiger partial charge is 0.494 e. The van der Waals surface area contributed by atoms with Gasteiger partial charge < -0.3 is 14.5 Å². The highest BCUT2D eigenvalue weighted by atomic mass is 19.1. The predicted molar refractivity (Wildman–Crippen MR) is 82.1 cm³/mol. The molecule has 3 aromatic rings. The van der Waals surface area contributed by atoms with Crippen molar-refractivity contribution in [2.45, 2.75) is 6.42 Å². The number of anilines is 1. The minimum Gasteiger partial charge on any atom is -0.494 e. The van der Waals surface area contributed by atoms with Gasteiger partial charge in [-0.2, -0.15) is 0 Å². The number of H-pyrrole nitrogens is 1. The Labute approximate surface area is 129 Å². The van der Waals surface area contributed by atoms with Crippen LogP contribution < -0.4 is 15.8 Å². The topological polar surface area (TPSA) is 84.3 Å². The molecule has 0 bridgehead atoms. The van der Waals surface area contributed by atoms with Crippen molar-refractivity contribution in [1.82, 2.24) is 4.98 Å². The average molecular weight is 316 g/mol. The molecule has 2 aromatic carbocycles. The summed E-state index contributed by atoms with van der Waals surface area (Å²) in [7, 11) is 1.38. The lowest BCUT2D eigenvalue weighted by Crippen LogP contribution is -2.14. The van der Waals surface area contributed by atoms with Crippen molar-refractivity contribution < 1.29 is 18.3 Å². The van der Waals surface area contributed by atoms with Crippen molar-refractivity contribution in [2.24, 2.45) is 0 Å². The number of halogens is 1. The number of aromatic nitrogens is 1. The molecule has 0 aliphatic rings. The highest BCUT2D eigenvalue weighted by Gasteiger charge is 2.09. The first-order valence-corrected chi connectivity index (χ1v) is 6.80. The van der Waals surface area contributed by atoms with Crippen LogP contribution in [0.3, 0.4) is 0 Å². The first kappa shape index (κ1) is 14.8. The van der Waals surface area contributed by atoms with E-state index in [1.54, 1.807) is 24.3 Å². The summed E-state index contributed by atoms with van der Waals surface area (Å²) in [6.45, 7) is 0. The molecule has 3 rings (SSSR count). The molecule has 0 aliphatic carbocycles. The monoisotopic (exact) mass is 316 g/mol. The van der Waals surface area contributed by atoms with Gasteiger partial charge in [-0.1, -0.05) is 6.07 Å².